The number of H-pyrrole nitrogens is 1. The van der Waals surface area contributed by atoms with E-state index in [4.69, 9.17) is 32.5 Å². The summed E-state index contributed by atoms with van der Waals surface area (Å²) in [5.74, 6) is 1.39. The van der Waals surface area contributed by atoms with Crippen molar-refractivity contribution >= 4 is 16.2 Å². The maximum Gasteiger partial charge on any atom is 0.347 e. The first-order valence-electron chi connectivity index (χ1n) is 23.9. The Labute approximate surface area is 405 Å². The summed E-state index contributed by atoms with van der Waals surface area (Å²) in [4.78, 5) is 28.5. The van der Waals surface area contributed by atoms with E-state index in [1.807, 2.05) is 144 Å². The van der Waals surface area contributed by atoms with Crippen molar-refractivity contribution in [2.24, 2.45) is 0 Å². The van der Waals surface area contributed by atoms with E-state index in [-0.39, 0.29) is 62.5 Å². The predicted molar refractivity (Wildman–Crippen MR) is 270 cm³/mol. The fraction of sp³-hybridized carbons (Fsp3) is 0.569. The lowest BCUT2D eigenvalue weighted by Gasteiger charge is -2.45. The van der Waals surface area contributed by atoms with E-state index in [2.05, 4.69) is 37.3 Å². The van der Waals surface area contributed by atoms with Crippen LogP contribution in [0.4, 0.5) is 0 Å². The van der Waals surface area contributed by atoms with Crippen molar-refractivity contribution in [3.8, 4) is 11.5 Å². The molecule has 376 valence electrons. The molecule has 1 aliphatic rings. The van der Waals surface area contributed by atoms with Gasteiger partial charge in [0.05, 0.1) is 40.1 Å². The van der Waals surface area contributed by atoms with E-state index in [1.165, 1.54) is 10.8 Å². The summed E-state index contributed by atoms with van der Waals surface area (Å²) in [5, 5.41) is 0. The number of ether oxygens (including phenoxy) is 4. The Hall–Kier alpha value is -3.72. The normalized spacial score (nSPS) is 17.6. The van der Waals surface area contributed by atoms with Gasteiger partial charge in [-0.05, 0) is 131 Å². The van der Waals surface area contributed by atoms with E-state index < -0.39 is 51.5 Å². The highest BCUT2D eigenvalue weighted by molar-refractivity contribution is 7.54. The molecule has 1 aliphatic heterocycles. The van der Waals surface area contributed by atoms with E-state index in [0.29, 0.717) is 17.1 Å². The predicted octanol–water partition coefficient (Wildman–Crippen LogP) is 10.3. The molecule has 1 fully saturated rings. The number of nitrogens with one attached hydrogen (secondary N) is 1. The van der Waals surface area contributed by atoms with Gasteiger partial charge in [-0.1, -0.05) is 54.6 Å². The second-order valence-corrected chi connectivity index (χ2v) is 22.5. The molecule has 4 unspecified atom stereocenters. The zero-order valence-corrected chi connectivity index (χ0v) is 44.7. The lowest BCUT2D eigenvalue weighted by molar-refractivity contribution is -0.0926. The Balaban J connectivity index is 1.57. The summed E-state index contributed by atoms with van der Waals surface area (Å²) in [6.07, 6.45) is -0.490. The van der Waals surface area contributed by atoms with Gasteiger partial charge in [-0.25, -0.2) is 18.8 Å². The molecular formula is C51H77N5O10P2. The maximum atomic E-state index is 15.3. The summed E-state index contributed by atoms with van der Waals surface area (Å²) >= 11 is 0. The average molecular weight is 982 g/mol. The number of aromatic nitrogens is 2. The third kappa shape index (κ3) is 12.6. The Morgan fingerprint density at radius 1 is 0.721 bits per heavy atom. The first kappa shape index (κ1) is 55.2. The van der Waals surface area contributed by atoms with Crippen LogP contribution in [0.1, 0.15) is 118 Å². The van der Waals surface area contributed by atoms with Gasteiger partial charge in [0.15, 0.2) is 0 Å². The highest BCUT2D eigenvalue weighted by Gasteiger charge is 2.47. The van der Waals surface area contributed by atoms with Gasteiger partial charge in [-0.2, -0.15) is 0 Å². The molecular weight excluding hydrogens is 905 g/mol. The monoisotopic (exact) mass is 982 g/mol. The first-order valence-corrected chi connectivity index (χ1v) is 26.5. The van der Waals surface area contributed by atoms with Gasteiger partial charge in [0.1, 0.15) is 29.4 Å². The molecule has 0 spiro atoms. The number of hydrogen-bond acceptors (Lipinski definition) is 11. The fourth-order valence-corrected chi connectivity index (χ4v) is 14.2. The lowest BCUT2D eigenvalue weighted by Crippen LogP contribution is -2.45. The van der Waals surface area contributed by atoms with E-state index in [9.17, 15) is 9.59 Å². The van der Waals surface area contributed by atoms with Crippen molar-refractivity contribution in [2.45, 2.75) is 157 Å². The minimum atomic E-state index is -3.56. The van der Waals surface area contributed by atoms with Crippen LogP contribution < -0.4 is 20.7 Å². The third-order valence-corrected chi connectivity index (χ3v) is 17.7. The zero-order valence-electron chi connectivity index (χ0n) is 42.9. The van der Waals surface area contributed by atoms with Crippen LogP contribution in [-0.2, 0) is 33.2 Å². The summed E-state index contributed by atoms with van der Waals surface area (Å²) in [6.45, 7) is 26.5. The van der Waals surface area contributed by atoms with Gasteiger partial charge < -0.3 is 32.5 Å². The molecule has 1 aromatic heterocycles. The number of benzene rings is 3. The fourth-order valence-electron chi connectivity index (χ4n) is 9.34. The van der Waals surface area contributed by atoms with Crippen LogP contribution in [0.2, 0.25) is 0 Å². The molecule has 4 atom stereocenters. The number of aryl methyl sites for hydroxylation is 1. The van der Waals surface area contributed by atoms with Gasteiger partial charge in [0.25, 0.3) is 14.1 Å². The van der Waals surface area contributed by atoms with Gasteiger partial charge in [0.2, 0.25) is 0 Å². The highest BCUT2D eigenvalue weighted by atomic mass is 31.2. The summed E-state index contributed by atoms with van der Waals surface area (Å²) in [7, 11) is -2.13. The third-order valence-electron chi connectivity index (χ3n) is 12.0. The topological polar surface area (TPSA) is 146 Å². The SMILES string of the molecule is COc1ccc(C(OCC2OC(n3cc(C)c(=O)[nH]c3=O)CC2OP(OCCOP(=O)(N(C(C)C)C(C)C)N(C(C)C)C(C)C)N(C(C)C)C(C)C)(c2ccccc2)c2ccc(OC)cc2)cc1. The van der Waals surface area contributed by atoms with Crippen LogP contribution in [0.15, 0.2) is 94.6 Å². The van der Waals surface area contributed by atoms with E-state index >= 15 is 4.57 Å². The van der Waals surface area contributed by atoms with Crippen LogP contribution in [-0.4, -0.2) is 106 Å². The Kier molecular flexibility index (Phi) is 19.8. The van der Waals surface area contributed by atoms with E-state index in [0.717, 1.165) is 16.7 Å². The van der Waals surface area contributed by atoms with Gasteiger partial charge in [-0.15, -0.1) is 0 Å². The molecule has 0 amide bonds. The highest BCUT2D eigenvalue weighted by Crippen LogP contribution is 2.59. The number of hydrogen-bond donors (Lipinski definition) is 1. The molecule has 68 heavy (non-hydrogen) atoms. The quantitative estimate of drug-likeness (QED) is 0.0382. The molecule has 2 heterocycles. The molecule has 0 saturated carbocycles. The van der Waals surface area contributed by atoms with Crippen LogP contribution >= 0.6 is 16.2 Å². The lowest BCUT2D eigenvalue weighted by atomic mass is 9.80. The molecule has 0 aliphatic carbocycles. The zero-order chi connectivity index (χ0) is 50.1. The van der Waals surface area contributed by atoms with Gasteiger partial charge in [0, 0.05) is 54.4 Å². The number of nitrogens with zero attached hydrogens (tertiary/aromatic N) is 4. The summed E-state index contributed by atoms with van der Waals surface area (Å²) in [5.41, 5.74) is 0.668. The molecule has 17 heteroatoms. The van der Waals surface area contributed by atoms with Crippen molar-refractivity contribution in [1.29, 1.82) is 0 Å². The molecule has 1 saturated heterocycles. The minimum absolute atomic E-state index is 0.00367. The van der Waals surface area contributed by atoms with Gasteiger partial charge >= 0.3 is 13.4 Å². The Morgan fingerprint density at radius 3 is 1.66 bits per heavy atom. The van der Waals surface area contributed by atoms with Crippen molar-refractivity contribution in [3.05, 3.63) is 128 Å². The Morgan fingerprint density at radius 2 is 1.21 bits per heavy atom. The minimum Gasteiger partial charge on any atom is -0.497 e. The van der Waals surface area contributed by atoms with Crippen molar-refractivity contribution in [1.82, 2.24) is 23.6 Å². The van der Waals surface area contributed by atoms with Crippen LogP contribution in [0.3, 0.4) is 0 Å². The number of methoxy groups -OCH3 is 2. The number of aromatic amines is 1. The summed E-state index contributed by atoms with van der Waals surface area (Å²) in [6, 6.07) is 25.4. The van der Waals surface area contributed by atoms with Gasteiger partial charge in [-0.3, -0.25) is 18.9 Å². The van der Waals surface area contributed by atoms with E-state index in [1.54, 1.807) is 21.1 Å². The molecule has 3 aromatic carbocycles. The molecule has 5 rings (SSSR count). The summed E-state index contributed by atoms with van der Waals surface area (Å²) < 4.78 is 68.7. The molecule has 0 radical (unpaired) electrons. The molecule has 0 bridgehead atoms. The van der Waals surface area contributed by atoms with Crippen LogP contribution in [0.5, 0.6) is 11.5 Å². The largest absolute Gasteiger partial charge is 0.497 e. The van der Waals surface area contributed by atoms with Crippen LogP contribution in [0.25, 0.3) is 0 Å². The average Bonchev–Trinajstić information content (AvgIpc) is 3.68. The van der Waals surface area contributed by atoms with Crippen LogP contribution in [0, 0.1) is 6.92 Å². The maximum absolute atomic E-state index is 15.3. The van der Waals surface area contributed by atoms with Crippen molar-refractivity contribution in [2.75, 3.05) is 34.0 Å². The number of rotatable bonds is 25. The molecule has 4 aromatic rings. The molecule has 1 N–H and O–H groups in total. The Bertz CT molecular complexity index is 2250. The second-order valence-electron chi connectivity index (χ2n) is 18.9. The molecule has 15 nitrogen and oxygen atoms in total. The standard InChI is InChI=1S/C51H77N5O10P2/c1-34(2)54(35(3)4)67(63-29-30-64-68(59,55(36(5)6)37(7)8)56(38(9)10)39(11)12)66-46-31-48(53-32-40(13)49(57)52-50(53)58)65-47(46)33-62-51(41-19-17-16-18-20-41,42-21-25-44(60-14)26-22-42)43-23-27-45(61-15)28-24-43/h16-28,32,34-39,46-48H,29-31,33H2,1-15H3,(H,52,57,58). The second kappa shape index (κ2) is 24.4. The van der Waals surface area contributed by atoms with Crippen molar-refractivity contribution in [3.63, 3.8) is 0 Å². The van der Waals surface area contributed by atoms with Crippen molar-refractivity contribution < 1.29 is 37.1 Å². The smallest absolute Gasteiger partial charge is 0.347 e. The first-order chi connectivity index (χ1) is 32.2.